The van der Waals surface area contributed by atoms with Crippen LogP contribution < -0.4 is 4.90 Å². The van der Waals surface area contributed by atoms with Crippen molar-refractivity contribution in [2.75, 3.05) is 4.90 Å². The van der Waals surface area contributed by atoms with Crippen molar-refractivity contribution in [2.45, 2.75) is 16.1 Å². The quantitative estimate of drug-likeness (QED) is 0.167. The second-order valence-electron chi connectivity index (χ2n) is 8.12. The molecule has 37 heavy (non-hydrogen) atoms. The number of aliphatic hydroxyl groups excluding tert-OH is 1. The molecular formula is C28H20FN3O3S2. The van der Waals surface area contributed by atoms with Crippen LogP contribution in [-0.2, 0) is 15.3 Å². The Morgan fingerprint density at radius 1 is 1.00 bits per heavy atom. The molecule has 2 heterocycles. The molecule has 184 valence electrons. The van der Waals surface area contributed by atoms with Gasteiger partial charge in [-0.3, -0.25) is 14.5 Å². The summed E-state index contributed by atoms with van der Waals surface area (Å²) in [5.41, 5.74) is 2.27. The number of hydrogen-bond acceptors (Lipinski definition) is 7. The van der Waals surface area contributed by atoms with E-state index in [4.69, 9.17) is 0 Å². The number of hydrogen-bond donors (Lipinski definition) is 1. The number of thioether (sulfide) groups is 1. The van der Waals surface area contributed by atoms with E-state index in [0.717, 1.165) is 11.1 Å². The third-order valence-electron chi connectivity index (χ3n) is 5.69. The fourth-order valence-electron chi connectivity index (χ4n) is 3.92. The Balaban J connectivity index is 1.46. The van der Waals surface area contributed by atoms with Crippen LogP contribution in [0.5, 0.6) is 0 Å². The average Bonchev–Trinajstić information content (AvgIpc) is 3.50. The lowest BCUT2D eigenvalue weighted by Gasteiger charge is -2.23. The molecule has 4 aromatic rings. The van der Waals surface area contributed by atoms with Crippen molar-refractivity contribution in [1.29, 1.82) is 0 Å². The van der Waals surface area contributed by atoms with E-state index in [2.05, 4.69) is 10.2 Å². The van der Waals surface area contributed by atoms with Gasteiger partial charge in [0.2, 0.25) is 5.13 Å². The molecule has 1 aromatic heterocycles. The van der Waals surface area contributed by atoms with Crippen LogP contribution in [0.1, 0.15) is 22.7 Å². The monoisotopic (exact) mass is 529 g/mol. The summed E-state index contributed by atoms with van der Waals surface area (Å²) in [4.78, 5) is 27.8. The van der Waals surface area contributed by atoms with E-state index in [9.17, 15) is 19.1 Å². The third-order valence-corrected chi connectivity index (χ3v) is 7.82. The van der Waals surface area contributed by atoms with Gasteiger partial charge in [-0.1, -0.05) is 102 Å². The summed E-state index contributed by atoms with van der Waals surface area (Å²) in [6.45, 7) is 0. The van der Waals surface area contributed by atoms with Crippen molar-refractivity contribution in [3.8, 4) is 0 Å². The predicted molar refractivity (Wildman–Crippen MR) is 143 cm³/mol. The van der Waals surface area contributed by atoms with E-state index in [1.165, 1.54) is 58.3 Å². The molecule has 0 saturated heterocycles. The lowest BCUT2D eigenvalue weighted by molar-refractivity contribution is -0.117. The zero-order chi connectivity index (χ0) is 25.8. The fraction of sp³-hybridized carbons (Fsp3) is 0.0714. The molecule has 1 amide bonds. The van der Waals surface area contributed by atoms with E-state index in [-0.39, 0.29) is 10.7 Å². The van der Waals surface area contributed by atoms with Gasteiger partial charge in [-0.15, -0.1) is 10.2 Å². The van der Waals surface area contributed by atoms with E-state index in [1.807, 2.05) is 60.7 Å². The molecule has 0 bridgehead atoms. The number of carbonyl (C=O) groups is 2. The van der Waals surface area contributed by atoms with Crippen LogP contribution in [0.3, 0.4) is 0 Å². The molecule has 0 spiro atoms. The van der Waals surface area contributed by atoms with Gasteiger partial charge in [0.25, 0.3) is 5.91 Å². The number of anilines is 1. The first-order chi connectivity index (χ1) is 18.0. The first-order valence-electron chi connectivity index (χ1n) is 11.3. The maximum atomic E-state index is 13.7. The first kappa shape index (κ1) is 24.6. The summed E-state index contributed by atoms with van der Waals surface area (Å²) < 4.78 is 14.3. The Morgan fingerprint density at radius 3 is 2.38 bits per heavy atom. The van der Waals surface area contributed by atoms with Gasteiger partial charge in [0.15, 0.2) is 15.9 Å². The number of benzene rings is 3. The van der Waals surface area contributed by atoms with E-state index in [0.29, 0.717) is 15.7 Å². The van der Waals surface area contributed by atoms with Crippen molar-refractivity contribution in [3.05, 3.63) is 125 Å². The van der Waals surface area contributed by atoms with Crippen LogP contribution in [0.4, 0.5) is 9.52 Å². The molecular weight excluding hydrogens is 509 g/mol. The third kappa shape index (κ3) is 5.37. The Kier molecular flexibility index (Phi) is 7.25. The number of aromatic nitrogens is 2. The van der Waals surface area contributed by atoms with Crippen molar-refractivity contribution in [1.82, 2.24) is 10.2 Å². The van der Waals surface area contributed by atoms with Crippen LogP contribution in [-0.4, -0.2) is 27.0 Å². The van der Waals surface area contributed by atoms with Gasteiger partial charge in [0, 0.05) is 5.75 Å². The molecule has 5 rings (SSSR count). The number of amides is 1. The highest BCUT2D eigenvalue weighted by Gasteiger charge is 2.45. The van der Waals surface area contributed by atoms with E-state index < -0.39 is 29.3 Å². The van der Waals surface area contributed by atoms with Gasteiger partial charge in [0.1, 0.15) is 5.82 Å². The SMILES string of the molecule is O=C(C=Cc1ccccc1)C1=C(O)C(=O)N(c2nnc(SCc3ccccc3)s2)C1c1ccc(F)cc1. The zero-order valence-corrected chi connectivity index (χ0v) is 21.0. The molecule has 1 N–H and O–H groups in total. The van der Waals surface area contributed by atoms with Crippen molar-refractivity contribution >= 4 is 46.0 Å². The normalized spacial score (nSPS) is 15.6. The Labute approximate surface area is 220 Å². The zero-order valence-electron chi connectivity index (χ0n) is 19.3. The maximum Gasteiger partial charge on any atom is 0.296 e. The van der Waals surface area contributed by atoms with Gasteiger partial charge in [-0.2, -0.15) is 0 Å². The molecule has 1 atom stereocenters. The Morgan fingerprint density at radius 2 is 1.68 bits per heavy atom. The Hall–Kier alpha value is -4.08. The molecule has 0 aliphatic carbocycles. The predicted octanol–water partition coefficient (Wildman–Crippen LogP) is 6.15. The highest BCUT2D eigenvalue weighted by atomic mass is 32.2. The maximum absolute atomic E-state index is 13.7. The number of halogens is 1. The molecule has 1 unspecified atom stereocenters. The molecule has 1 aliphatic heterocycles. The topological polar surface area (TPSA) is 83.4 Å². The van der Waals surface area contributed by atoms with Crippen molar-refractivity contribution < 1.29 is 19.1 Å². The number of carbonyl (C=O) groups excluding carboxylic acids is 2. The number of rotatable bonds is 8. The number of allylic oxidation sites excluding steroid dienone is 1. The van der Waals surface area contributed by atoms with E-state index >= 15 is 0 Å². The molecule has 6 nitrogen and oxygen atoms in total. The lowest BCUT2D eigenvalue weighted by Crippen LogP contribution is -2.30. The second-order valence-corrected chi connectivity index (χ2v) is 10.3. The molecule has 0 fully saturated rings. The molecule has 3 aromatic carbocycles. The van der Waals surface area contributed by atoms with Gasteiger partial charge in [-0.05, 0) is 34.9 Å². The smallest absolute Gasteiger partial charge is 0.296 e. The van der Waals surface area contributed by atoms with E-state index in [1.54, 1.807) is 6.08 Å². The summed E-state index contributed by atoms with van der Waals surface area (Å²) in [6.07, 6.45) is 2.93. The highest BCUT2D eigenvalue weighted by Crippen LogP contribution is 2.43. The minimum absolute atomic E-state index is 0.0996. The standard InChI is InChI=1S/C28H20FN3O3S2/c29-21-14-12-20(13-15-21)24-23(22(33)16-11-18-7-3-1-4-8-18)25(34)26(35)32(24)27-30-31-28(37-27)36-17-19-9-5-2-6-10-19/h1-16,24,34H,17H2. The highest BCUT2D eigenvalue weighted by molar-refractivity contribution is 8.00. The number of aliphatic hydroxyl groups is 1. The van der Waals surface area contributed by atoms with Crippen molar-refractivity contribution in [3.63, 3.8) is 0 Å². The van der Waals surface area contributed by atoms with Crippen LogP contribution >= 0.6 is 23.1 Å². The van der Waals surface area contributed by atoms with Gasteiger partial charge < -0.3 is 5.11 Å². The minimum atomic E-state index is -0.985. The average molecular weight is 530 g/mol. The first-order valence-corrected chi connectivity index (χ1v) is 13.1. The second kappa shape index (κ2) is 10.9. The molecule has 9 heteroatoms. The summed E-state index contributed by atoms with van der Waals surface area (Å²) in [7, 11) is 0. The van der Waals surface area contributed by atoms with Crippen LogP contribution in [0, 0.1) is 5.82 Å². The summed E-state index contributed by atoms with van der Waals surface area (Å²) >= 11 is 2.66. The molecule has 1 aliphatic rings. The lowest BCUT2D eigenvalue weighted by atomic mass is 9.96. The Bertz CT molecular complexity index is 1490. The van der Waals surface area contributed by atoms with Gasteiger partial charge >= 0.3 is 0 Å². The van der Waals surface area contributed by atoms with Crippen molar-refractivity contribution in [2.24, 2.45) is 0 Å². The number of nitrogens with zero attached hydrogens (tertiary/aromatic N) is 3. The van der Waals surface area contributed by atoms with Crippen LogP contribution in [0.25, 0.3) is 6.08 Å². The minimum Gasteiger partial charge on any atom is -0.503 e. The summed E-state index contributed by atoms with van der Waals surface area (Å²) in [6, 6.07) is 23.5. The molecule has 0 saturated carbocycles. The van der Waals surface area contributed by atoms with Gasteiger partial charge in [-0.25, -0.2) is 4.39 Å². The van der Waals surface area contributed by atoms with Crippen LogP contribution in [0.2, 0.25) is 0 Å². The summed E-state index contributed by atoms with van der Waals surface area (Å²) in [5, 5.41) is 19.4. The summed E-state index contributed by atoms with van der Waals surface area (Å²) in [5.74, 6) is -1.75. The fourth-order valence-corrected chi connectivity index (χ4v) is 5.74. The molecule has 0 radical (unpaired) electrons. The van der Waals surface area contributed by atoms with Crippen LogP contribution in [0.15, 0.2) is 107 Å². The number of ketones is 1. The largest absolute Gasteiger partial charge is 0.503 e. The van der Waals surface area contributed by atoms with Gasteiger partial charge in [0.05, 0.1) is 11.6 Å².